The summed E-state index contributed by atoms with van der Waals surface area (Å²) < 4.78 is 0. The van der Waals surface area contributed by atoms with Crippen molar-refractivity contribution in [3.05, 3.63) is 52.2 Å². The molecule has 0 radical (unpaired) electrons. The molecule has 0 aliphatic heterocycles. The van der Waals surface area contributed by atoms with E-state index in [1.807, 2.05) is 0 Å². The molecule has 44 heavy (non-hydrogen) atoms. The van der Waals surface area contributed by atoms with E-state index in [1.54, 1.807) is 5.57 Å². The predicted molar refractivity (Wildman–Crippen MR) is 176 cm³/mol. The second-order valence-electron chi connectivity index (χ2n) is 17.6. The minimum absolute atomic E-state index is 0.0102. The molecule has 3 fully saturated rings. The summed E-state index contributed by atoms with van der Waals surface area (Å²) in [5, 5.41) is 18.4. The molecule has 6 heteroatoms. The lowest BCUT2D eigenvalue weighted by molar-refractivity contribution is -0.161. The van der Waals surface area contributed by atoms with Gasteiger partial charge in [0.15, 0.2) is 0 Å². The highest BCUT2D eigenvalue weighted by molar-refractivity contribution is 5.75. The van der Waals surface area contributed by atoms with E-state index in [0.29, 0.717) is 24.2 Å². The number of aromatic amines is 1. The van der Waals surface area contributed by atoms with E-state index in [0.717, 1.165) is 44.1 Å². The van der Waals surface area contributed by atoms with Gasteiger partial charge in [0.05, 0.1) is 5.92 Å². The number of aliphatic carboxylic acids is 1. The smallest absolute Gasteiger partial charge is 0.306 e. The van der Waals surface area contributed by atoms with Crippen molar-refractivity contribution in [2.45, 2.75) is 112 Å². The van der Waals surface area contributed by atoms with Crippen LogP contribution >= 0.6 is 0 Å². The Balaban J connectivity index is 1.46. The number of allylic oxidation sites excluding steroid dienone is 2. The van der Waals surface area contributed by atoms with Gasteiger partial charge in [-0.15, -0.1) is 0 Å². The van der Waals surface area contributed by atoms with E-state index < -0.39 is 5.97 Å². The average Bonchev–Trinajstić information content (AvgIpc) is 3.32. The molecule has 0 bridgehead atoms. The zero-order chi connectivity index (χ0) is 31.6. The van der Waals surface area contributed by atoms with Crippen molar-refractivity contribution in [3.63, 3.8) is 0 Å². The van der Waals surface area contributed by atoms with Crippen LogP contribution in [0.5, 0.6) is 0 Å². The van der Waals surface area contributed by atoms with E-state index in [1.165, 1.54) is 35.2 Å². The first-order chi connectivity index (χ1) is 20.6. The molecular weight excluding hydrogens is 544 g/mol. The van der Waals surface area contributed by atoms with Gasteiger partial charge in [-0.3, -0.25) is 9.89 Å². The molecule has 5 aliphatic rings. The highest BCUT2D eigenvalue weighted by Gasteiger charge is 2.68. The monoisotopic (exact) mass is 598 g/mol. The van der Waals surface area contributed by atoms with Crippen molar-refractivity contribution >= 4 is 17.4 Å². The van der Waals surface area contributed by atoms with Crippen LogP contribution in [0.3, 0.4) is 0 Å². The maximum absolute atomic E-state index is 12.8. The van der Waals surface area contributed by atoms with Gasteiger partial charge in [0, 0.05) is 23.2 Å². The van der Waals surface area contributed by atoms with Gasteiger partial charge in [0.2, 0.25) is 0 Å². The minimum Gasteiger partial charge on any atom is -0.481 e. The summed E-state index contributed by atoms with van der Waals surface area (Å²) >= 11 is 0. The highest BCUT2D eigenvalue weighted by Crippen LogP contribution is 2.76. The van der Waals surface area contributed by atoms with E-state index >= 15 is 0 Å². The Labute approximate surface area is 263 Å². The van der Waals surface area contributed by atoms with Gasteiger partial charge in [0.1, 0.15) is 5.82 Å². The minimum atomic E-state index is -0.602. The maximum atomic E-state index is 12.8. The van der Waals surface area contributed by atoms with E-state index in [2.05, 4.69) is 82.9 Å². The van der Waals surface area contributed by atoms with Crippen LogP contribution in [0, 0.1) is 51.2 Å². The molecule has 0 amide bonds. The molecule has 3 unspecified atom stereocenters. The molecule has 2 aromatic rings. The van der Waals surface area contributed by atoms with Crippen LogP contribution in [-0.4, -0.2) is 21.3 Å². The van der Waals surface area contributed by atoms with Crippen molar-refractivity contribution in [1.82, 2.24) is 10.2 Å². The summed E-state index contributed by atoms with van der Waals surface area (Å²) in [5.74, 6) is 1.25. The molecule has 238 valence electrons. The average molecular weight is 599 g/mol. The van der Waals surface area contributed by atoms with Gasteiger partial charge in [-0.2, -0.15) is 5.10 Å². The quantitative estimate of drug-likeness (QED) is 0.288. The Hall–Kier alpha value is -2.60. The number of nitrogens with one attached hydrogen (secondary N) is 1. The van der Waals surface area contributed by atoms with E-state index in [4.69, 9.17) is 11.5 Å². The third-order valence-electron chi connectivity index (χ3n) is 14.6. The SMILES string of the molecule is CC1(C)CC2C3=C(c4cccc(CN)c4)CC4[C@@]5(C)Cc6c(N)n[nH]c6C(C)(C)C5CC[C@@]4(C)[C@]3(C)CC[C@@H]2[C@H](C(=O)O)C1. The van der Waals surface area contributed by atoms with Crippen molar-refractivity contribution in [2.75, 3.05) is 5.73 Å². The number of carbonyl (C=O) groups is 1. The third-order valence-corrected chi connectivity index (χ3v) is 14.6. The van der Waals surface area contributed by atoms with Gasteiger partial charge in [0.25, 0.3) is 0 Å². The second-order valence-corrected chi connectivity index (χ2v) is 17.6. The predicted octanol–water partition coefficient (Wildman–Crippen LogP) is 7.73. The second kappa shape index (κ2) is 9.47. The van der Waals surface area contributed by atoms with Crippen LogP contribution < -0.4 is 11.5 Å². The van der Waals surface area contributed by atoms with E-state index in [-0.39, 0.29) is 44.8 Å². The first kappa shape index (κ1) is 30.1. The Kier molecular flexibility index (Phi) is 6.47. The molecule has 3 saturated carbocycles. The number of rotatable bonds is 3. The summed E-state index contributed by atoms with van der Waals surface area (Å²) in [6, 6.07) is 8.95. The van der Waals surface area contributed by atoms with Crippen LogP contribution in [0.4, 0.5) is 5.82 Å². The number of nitrogen functional groups attached to an aromatic ring is 1. The Morgan fingerprint density at radius 1 is 1.05 bits per heavy atom. The number of benzene rings is 1. The molecule has 0 spiro atoms. The number of hydrogen-bond donors (Lipinski definition) is 4. The number of carboxylic acid groups (broad SMARTS) is 1. The molecule has 1 aromatic heterocycles. The molecular formula is C38H54N4O2. The Morgan fingerprint density at radius 3 is 2.50 bits per heavy atom. The van der Waals surface area contributed by atoms with Crippen LogP contribution in [-0.2, 0) is 23.2 Å². The molecule has 8 atom stereocenters. The number of carboxylic acids is 1. The molecule has 0 saturated heterocycles. The van der Waals surface area contributed by atoms with Crippen molar-refractivity contribution < 1.29 is 9.90 Å². The molecule has 6 N–H and O–H groups in total. The summed E-state index contributed by atoms with van der Waals surface area (Å²) in [5.41, 5.74) is 20.9. The van der Waals surface area contributed by atoms with Crippen LogP contribution in [0.25, 0.3) is 5.57 Å². The summed E-state index contributed by atoms with van der Waals surface area (Å²) in [6.45, 7) is 17.7. The van der Waals surface area contributed by atoms with Crippen LogP contribution in [0.15, 0.2) is 29.8 Å². The molecule has 6 nitrogen and oxygen atoms in total. The lowest BCUT2D eigenvalue weighted by Crippen LogP contribution is -2.64. The maximum Gasteiger partial charge on any atom is 0.306 e. The summed E-state index contributed by atoms with van der Waals surface area (Å²) in [6.07, 6.45) is 8.26. The van der Waals surface area contributed by atoms with Crippen molar-refractivity contribution in [2.24, 2.45) is 57.0 Å². The van der Waals surface area contributed by atoms with Crippen LogP contribution in [0.2, 0.25) is 0 Å². The van der Waals surface area contributed by atoms with Crippen molar-refractivity contribution in [3.8, 4) is 0 Å². The Morgan fingerprint density at radius 2 is 1.80 bits per heavy atom. The largest absolute Gasteiger partial charge is 0.481 e. The third kappa shape index (κ3) is 3.88. The molecule has 1 heterocycles. The number of anilines is 1. The van der Waals surface area contributed by atoms with Gasteiger partial charge >= 0.3 is 5.97 Å². The zero-order valence-electron chi connectivity index (χ0n) is 28.0. The van der Waals surface area contributed by atoms with Gasteiger partial charge < -0.3 is 16.6 Å². The number of aromatic nitrogens is 2. The summed E-state index contributed by atoms with van der Waals surface area (Å²) in [7, 11) is 0. The normalized spacial score (nSPS) is 40.2. The lowest BCUT2D eigenvalue weighted by Gasteiger charge is -2.70. The molecule has 7 rings (SSSR count). The lowest BCUT2D eigenvalue weighted by atomic mass is 9.33. The molecule has 5 aliphatic carbocycles. The topological polar surface area (TPSA) is 118 Å². The fourth-order valence-electron chi connectivity index (χ4n) is 12.6. The molecule has 1 aromatic carbocycles. The number of nitrogens with two attached hydrogens (primary N) is 2. The fraction of sp³-hybridized carbons (Fsp3) is 0.684. The highest BCUT2D eigenvalue weighted by atomic mass is 16.4. The summed E-state index contributed by atoms with van der Waals surface area (Å²) in [4.78, 5) is 12.8. The fourth-order valence-corrected chi connectivity index (χ4v) is 12.6. The Bertz CT molecular complexity index is 1550. The number of nitrogens with zero attached hydrogens (tertiary/aromatic N) is 1. The first-order valence-corrected chi connectivity index (χ1v) is 17.2. The standard InChI is InChI=1S/C38H54N4O2/c1-34(2)17-25-23(26(18-34)33(43)44)11-13-38(7)30(25)24(22-10-8-9-21(15-22)20-39)16-29-36(5)19-27-31(41-42-32(27)40)35(3,4)28(36)12-14-37(29,38)6/h8-10,15,23,25-26,28-29H,11-14,16-20,39H2,1-7H3,(H,43,44)(H3,40,41,42)/t23-,25?,26+,28?,29?,36-,37+,38+/m0/s1. The van der Waals surface area contributed by atoms with E-state index in [9.17, 15) is 9.90 Å². The van der Waals surface area contributed by atoms with Crippen LogP contribution in [0.1, 0.15) is 116 Å². The zero-order valence-corrected chi connectivity index (χ0v) is 28.0. The van der Waals surface area contributed by atoms with Gasteiger partial charge in [-0.1, -0.05) is 78.3 Å². The van der Waals surface area contributed by atoms with Gasteiger partial charge in [-0.05, 0) is 113 Å². The first-order valence-electron chi connectivity index (χ1n) is 17.2. The number of fused-ring (bicyclic) bond motifs is 8. The number of H-pyrrole nitrogens is 1. The number of hydrogen-bond acceptors (Lipinski definition) is 4. The van der Waals surface area contributed by atoms with Crippen molar-refractivity contribution in [1.29, 1.82) is 0 Å². The van der Waals surface area contributed by atoms with Gasteiger partial charge in [-0.25, -0.2) is 0 Å².